The molecular formula is C16H20N2O4S. The van der Waals surface area contributed by atoms with Gasteiger partial charge in [-0.1, -0.05) is 0 Å². The van der Waals surface area contributed by atoms with Gasteiger partial charge >= 0.3 is 0 Å². The van der Waals surface area contributed by atoms with Gasteiger partial charge in [0.1, 0.15) is 5.76 Å². The third-order valence-corrected chi connectivity index (χ3v) is 6.03. The van der Waals surface area contributed by atoms with Crippen LogP contribution in [0.15, 0.2) is 11.8 Å². The van der Waals surface area contributed by atoms with Crippen molar-refractivity contribution in [2.45, 2.75) is 50.7 Å². The predicted molar refractivity (Wildman–Crippen MR) is 86.3 cm³/mol. The fraction of sp³-hybridized carbons (Fsp3) is 0.500. The minimum Gasteiger partial charge on any atom is -0.511 e. The third-order valence-electron chi connectivity index (χ3n) is 4.35. The molecule has 6 nitrogen and oxygen atoms in total. The molecule has 2 heterocycles. The van der Waals surface area contributed by atoms with Gasteiger partial charge in [-0.25, -0.2) is 0 Å². The fourth-order valence-corrected chi connectivity index (χ4v) is 5.06. The van der Waals surface area contributed by atoms with Crippen molar-refractivity contribution in [1.29, 1.82) is 0 Å². The van der Waals surface area contributed by atoms with Crippen molar-refractivity contribution in [3.63, 3.8) is 0 Å². The van der Waals surface area contributed by atoms with Gasteiger partial charge in [-0.15, -0.1) is 11.3 Å². The molecule has 0 aromatic carbocycles. The van der Waals surface area contributed by atoms with Crippen LogP contribution in [0, 0.1) is 0 Å². The largest absolute Gasteiger partial charge is 0.511 e. The Kier molecular flexibility index (Phi) is 3.04. The van der Waals surface area contributed by atoms with E-state index in [0.717, 1.165) is 10.4 Å². The van der Waals surface area contributed by atoms with Gasteiger partial charge in [0.2, 0.25) is 11.8 Å². The number of fused-ring (bicyclic) bond motifs is 1. The van der Waals surface area contributed by atoms with Gasteiger partial charge in [0.05, 0.1) is 16.8 Å². The number of hydrogen-bond donors (Lipinski definition) is 3. The monoisotopic (exact) mass is 336 g/mol. The Labute approximate surface area is 138 Å². The summed E-state index contributed by atoms with van der Waals surface area (Å²) in [5, 5.41) is 9.88. The quantitative estimate of drug-likeness (QED) is 0.777. The first kappa shape index (κ1) is 16.0. The maximum absolute atomic E-state index is 12.1. The zero-order chi connectivity index (χ0) is 17.4. The highest BCUT2D eigenvalue weighted by Crippen LogP contribution is 2.54. The Morgan fingerprint density at radius 2 is 1.78 bits per heavy atom. The number of aliphatic hydroxyl groups is 1. The molecule has 23 heavy (non-hydrogen) atoms. The van der Waals surface area contributed by atoms with Crippen LogP contribution in [-0.4, -0.2) is 22.5 Å². The Balaban J connectivity index is 2.28. The highest BCUT2D eigenvalue weighted by Gasteiger charge is 2.57. The summed E-state index contributed by atoms with van der Waals surface area (Å²) in [7, 11) is 0. The number of amides is 2. The molecule has 7 heteroatoms. The smallest absolute Gasteiger partial charge is 0.250 e. The Bertz CT molecular complexity index is 775. The van der Waals surface area contributed by atoms with Crippen molar-refractivity contribution in [3.05, 3.63) is 32.7 Å². The first-order chi connectivity index (χ1) is 10.4. The number of carbonyl (C=O) groups is 2. The summed E-state index contributed by atoms with van der Waals surface area (Å²) >= 11 is 1.26. The van der Waals surface area contributed by atoms with Gasteiger partial charge in [-0.2, -0.15) is 0 Å². The highest BCUT2D eigenvalue weighted by molar-refractivity contribution is 7.13. The second kappa shape index (κ2) is 4.36. The van der Waals surface area contributed by atoms with E-state index >= 15 is 0 Å². The van der Waals surface area contributed by atoms with Crippen LogP contribution >= 0.6 is 11.3 Å². The second-order valence-electron chi connectivity index (χ2n) is 7.23. The number of aliphatic hydroxyl groups excluding tert-OH is 1. The third kappa shape index (κ3) is 2.10. The van der Waals surface area contributed by atoms with Crippen LogP contribution in [0.1, 0.15) is 53.4 Å². The lowest BCUT2D eigenvalue weighted by Gasteiger charge is -2.41. The van der Waals surface area contributed by atoms with Crippen molar-refractivity contribution in [2.75, 3.05) is 0 Å². The molecule has 1 unspecified atom stereocenters. The van der Waals surface area contributed by atoms with E-state index in [1.807, 2.05) is 27.7 Å². The number of ether oxygens (including phenoxy) is 1. The number of hydrogen-bond acceptors (Lipinski definition) is 5. The molecule has 0 saturated heterocycles. The number of thiophene rings is 1. The molecule has 1 aliphatic carbocycles. The van der Waals surface area contributed by atoms with E-state index in [-0.39, 0.29) is 11.3 Å². The Hall–Kier alpha value is -1.86. The molecular weight excluding hydrogens is 316 g/mol. The molecule has 124 valence electrons. The Morgan fingerprint density at radius 1 is 1.22 bits per heavy atom. The molecule has 2 aliphatic rings. The number of carbonyl (C=O) groups excluding carboxylic acids is 2. The molecule has 5 N–H and O–H groups in total. The standard InChI is InChI=1S/C16H20N2O4S/c1-14(2)5-7-9(12(17)20)11(16(13(18)21)6-8(16)19)23-10(7)15(3,4)22-14/h6,19H,5H2,1-4H3,(H2,17,20)(H2,18,21). The normalized spacial score (nSPS) is 27.0. The van der Waals surface area contributed by atoms with E-state index in [2.05, 4.69) is 0 Å². The SMILES string of the molecule is CC1(C)Cc2c(sc(C3(C(N)=O)C=C3O)c2C(N)=O)C(C)(C)O1. The summed E-state index contributed by atoms with van der Waals surface area (Å²) in [5.41, 5.74) is 9.64. The van der Waals surface area contributed by atoms with Crippen molar-refractivity contribution < 1.29 is 19.4 Å². The number of primary amides is 2. The lowest BCUT2D eigenvalue weighted by molar-refractivity contribution is -0.135. The topological polar surface area (TPSA) is 116 Å². The summed E-state index contributed by atoms with van der Waals surface area (Å²) < 4.78 is 6.12. The van der Waals surface area contributed by atoms with Crippen LogP contribution in [0.2, 0.25) is 0 Å². The summed E-state index contributed by atoms with van der Waals surface area (Å²) in [6.07, 6.45) is 1.86. The van der Waals surface area contributed by atoms with Crippen molar-refractivity contribution in [3.8, 4) is 0 Å². The molecule has 1 aromatic rings. The Morgan fingerprint density at radius 3 is 2.22 bits per heavy atom. The van der Waals surface area contributed by atoms with Crippen molar-refractivity contribution >= 4 is 23.2 Å². The molecule has 0 spiro atoms. The minimum absolute atomic E-state index is 0.135. The first-order valence-electron chi connectivity index (χ1n) is 7.31. The van der Waals surface area contributed by atoms with Crippen molar-refractivity contribution in [2.24, 2.45) is 11.5 Å². The van der Waals surface area contributed by atoms with Gasteiger partial charge in [-0.3, -0.25) is 9.59 Å². The summed E-state index contributed by atoms with van der Waals surface area (Å²) in [6.45, 7) is 7.71. The summed E-state index contributed by atoms with van der Waals surface area (Å²) in [5.74, 6) is -1.47. The van der Waals surface area contributed by atoms with Crippen LogP contribution in [0.25, 0.3) is 0 Å². The van der Waals surface area contributed by atoms with Gasteiger partial charge in [0, 0.05) is 16.2 Å². The number of nitrogens with two attached hydrogens (primary N) is 2. The first-order valence-corrected chi connectivity index (χ1v) is 8.13. The molecule has 0 radical (unpaired) electrons. The molecule has 3 rings (SSSR count). The zero-order valence-corrected chi connectivity index (χ0v) is 14.3. The van der Waals surface area contributed by atoms with E-state index in [0.29, 0.717) is 11.3 Å². The van der Waals surface area contributed by atoms with Gasteiger partial charge in [0.25, 0.3) is 0 Å². The van der Waals surface area contributed by atoms with Crippen LogP contribution in [0.4, 0.5) is 0 Å². The second-order valence-corrected chi connectivity index (χ2v) is 8.25. The zero-order valence-electron chi connectivity index (χ0n) is 13.5. The highest BCUT2D eigenvalue weighted by atomic mass is 32.1. The minimum atomic E-state index is -1.40. The molecule has 1 aromatic heterocycles. The van der Waals surface area contributed by atoms with E-state index in [4.69, 9.17) is 16.2 Å². The van der Waals surface area contributed by atoms with Gasteiger partial charge in [-0.05, 0) is 39.3 Å². The fourth-order valence-electron chi connectivity index (χ4n) is 3.52. The van der Waals surface area contributed by atoms with Crippen molar-refractivity contribution in [1.82, 2.24) is 0 Å². The van der Waals surface area contributed by atoms with Crippen LogP contribution in [0.5, 0.6) is 0 Å². The predicted octanol–water partition coefficient (Wildman–Crippen LogP) is 1.61. The van der Waals surface area contributed by atoms with E-state index < -0.39 is 28.4 Å². The van der Waals surface area contributed by atoms with E-state index in [9.17, 15) is 14.7 Å². The average Bonchev–Trinajstić information content (AvgIpc) is 2.87. The average molecular weight is 336 g/mol. The summed E-state index contributed by atoms with van der Waals surface area (Å²) in [6, 6.07) is 0. The van der Waals surface area contributed by atoms with Crippen LogP contribution in [0.3, 0.4) is 0 Å². The molecule has 2 amide bonds. The van der Waals surface area contributed by atoms with Crippen LogP contribution in [-0.2, 0) is 27.0 Å². The maximum Gasteiger partial charge on any atom is 0.250 e. The lowest BCUT2D eigenvalue weighted by atomic mass is 9.84. The number of rotatable bonds is 3. The molecule has 0 fully saturated rings. The molecule has 0 saturated carbocycles. The molecule has 1 atom stereocenters. The van der Waals surface area contributed by atoms with E-state index in [1.54, 1.807) is 0 Å². The molecule has 1 aliphatic heterocycles. The lowest BCUT2D eigenvalue weighted by Crippen LogP contribution is -2.42. The van der Waals surface area contributed by atoms with Gasteiger partial charge < -0.3 is 21.3 Å². The van der Waals surface area contributed by atoms with E-state index in [1.165, 1.54) is 17.4 Å². The summed E-state index contributed by atoms with van der Waals surface area (Å²) in [4.78, 5) is 25.3. The van der Waals surface area contributed by atoms with Crippen LogP contribution < -0.4 is 11.5 Å². The maximum atomic E-state index is 12.1. The molecule has 0 bridgehead atoms. The van der Waals surface area contributed by atoms with Gasteiger partial charge in [0.15, 0.2) is 5.41 Å².